The molecule has 0 saturated carbocycles. The quantitative estimate of drug-likeness (QED) is 0.666. The fourth-order valence-corrected chi connectivity index (χ4v) is 1.11. The lowest BCUT2D eigenvalue weighted by Crippen LogP contribution is -1.88. The molecule has 0 unspecified atom stereocenters. The van der Waals surface area contributed by atoms with Gasteiger partial charge < -0.3 is 4.74 Å². The predicted molar refractivity (Wildman–Crippen MR) is 37.5 cm³/mol. The van der Waals surface area contributed by atoms with Crippen molar-refractivity contribution in [2.75, 3.05) is 7.11 Å². The first-order chi connectivity index (χ1) is 4.24. The van der Waals surface area contributed by atoms with E-state index in [4.69, 9.17) is 4.74 Å². The highest BCUT2D eigenvalue weighted by molar-refractivity contribution is 9.10. The first-order valence-corrected chi connectivity index (χ1v) is 3.26. The molecule has 0 radical (unpaired) electrons. The third kappa shape index (κ3) is 1.24. The minimum absolute atomic E-state index is 0.623. The van der Waals surface area contributed by atoms with Gasteiger partial charge in [-0.25, -0.2) is 0 Å². The van der Waals surface area contributed by atoms with Crippen LogP contribution in [0.15, 0.2) is 10.7 Å². The summed E-state index contributed by atoms with van der Waals surface area (Å²) >= 11 is 3.27. The lowest BCUT2D eigenvalue weighted by molar-refractivity contribution is 0.390. The smallest absolute Gasteiger partial charge is 0.246 e. The Morgan fingerprint density at radius 1 is 1.78 bits per heavy atom. The van der Waals surface area contributed by atoms with Crippen molar-refractivity contribution in [2.24, 2.45) is 7.05 Å². The number of rotatable bonds is 1. The van der Waals surface area contributed by atoms with Crippen LogP contribution in [0.1, 0.15) is 0 Å². The fraction of sp³-hybridized carbons (Fsp3) is 0.400. The van der Waals surface area contributed by atoms with Gasteiger partial charge in [-0.2, -0.15) is 0 Å². The Balaban J connectivity index is 3.01. The van der Waals surface area contributed by atoms with Gasteiger partial charge in [0.05, 0.1) is 11.6 Å². The molecule has 1 aromatic rings. The number of ether oxygens (including phenoxy) is 1. The van der Waals surface area contributed by atoms with E-state index in [0.29, 0.717) is 5.88 Å². The van der Waals surface area contributed by atoms with Gasteiger partial charge in [0.15, 0.2) is 0 Å². The van der Waals surface area contributed by atoms with Crippen LogP contribution in [0.2, 0.25) is 0 Å². The second-order valence-corrected chi connectivity index (χ2v) is 2.51. The molecular formula is C5H7BrN2O. The summed E-state index contributed by atoms with van der Waals surface area (Å²) in [7, 11) is 3.43. The van der Waals surface area contributed by atoms with Gasteiger partial charge in [0.2, 0.25) is 5.88 Å². The average molecular weight is 191 g/mol. The lowest BCUT2D eigenvalue weighted by Gasteiger charge is -1.89. The van der Waals surface area contributed by atoms with E-state index in [9.17, 15) is 0 Å². The zero-order valence-electron chi connectivity index (χ0n) is 5.26. The Morgan fingerprint density at radius 3 is 2.67 bits per heavy atom. The van der Waals surface area contributed by atoms with Gasteiger partial charge in [-0.15, -0.1) is 5.10 Å². The predicted octanol–water partition coefficient (Wildman–Crippen LogP) is 1.19. The Hall–Kier alpha value is -0.510. The van der Waals surface area contributed by atoms with E-state index in [2.05, 4.69) is 21.0 Å². The maximum Gasteiger partial charge on any atom is 0.246 e. The van der Waals surface area contributed by atoms with Crippen LogP contribution in [0.5, 0.6) is 5.88 Å². The summed E-state index contributed by atoms with van der Waals surface area (Å²) in [5, 5.41) is 3.98. The summed E-state index contributed by atoms with van der Waals surface area (Å²) in [4.78, 5) is 0. The highest BCUT2D eigenvalue weighted by Crippen LogP contribution is 2.20. The third-order valence-corrected chi connectivity index (χ3v) is 1.49. The molecule has 0 aromatic carbocycles. The summed E-state index contributed by atoms with van der Waals surface area (Å²) in [6, 6.07) is 0. The SMILES string of the molecule is COc1nn(C)cc1Br. The van der Waals surface area contributed by atoms with Crippen LogP contribution in [0, 0.1) is 0 Å². The summed E-state index contributed by atoms with van der Waals surface area (Å²) in [5.74, 6) is 0.623. The highest BCUT2D eigenvalue weighted by Gasteiger charge is 2.01. The summed E-state index contributed by atoms with van der Waals surface area (Å²) in [6.45, 7) is 0. The van der Waals surface area contributed by atoms with Crippen LogP contribution in [0.3, 0.4) is 0 Å². The Bertz CT molecular complexity index is 209. The minimum Gasteiger partial charge on any atom is -0.479 e. The van der Waals surface area contributed by atoms with Crippen molar-refractivity contribution >= 4 is 15.9 Å². The number of aryl methyl sites for hydroxylation is 1. The summed E-state index contributed by atoms with van der Waals surface area (Å²) in [5.41, 5.74) is 0. The van der Waals surface area contributed by atoms with Crippen LogP contribution in [0.25, 0.3) is 0 Å². The fourth-order valence-electron chi connectivity index (χ4n) is 0.577. The van der Waals surface area contributed by atoms with E-state index in [1.54, 1.807) is 11.8 Å². The van der Waals surface area contributed by atoms with Gasteiger partial charge in [-0.05, 0) is 15.9 Å². The molecule has 1 rings (SSSR count). The van der Waals surface area contributed by atoms with Crippen molar-refractivity contribution in [1.82, 2.24) is 9.78 Å². The lowest BCUT2D eigenvalue weighted by atomic mass is 10.7. The molecule has 0 amide bonds. The van der Waals surface area contributed by atoms with Gasteiger partial charge in [0.25, 0.3) is 0 Å². The number of aromatic nitrogens is 2. The number of halogens is 1. The number of hydrogen-bond acceptors (Lipinski definition) is 2. The molecule has 0 atom stereocenters. The number of hydrogen-bond donors (Lipinski definition) is 0. The second kappa shape index (κ2) is 2.39. The van der Waals surface area contributed by atoms with Crippen LogP contribution < -0.4 is 4.74 Å². The van der Waals surface area contributed by atoms with E-state index < -0.39 is 0 Å². The molecule has 0 bridgehead atoms. The molecule has 0 spiro atoms. The van der Waals surface area contributed by atoms with Gasteiger partial charge in [-0.1, -0.05) is 0 Å². The third-order valence-electron chi connectivity index (χ3n) is 0.946. The molecule has 4 heteroatoms. The van der Waals surface area contributed by atoms with Crippen molar-refractivity contribution in [3.63, 3.8) is 0 Å². The highest BCUT2D eigenvalue weighted by atomic mass is 79.9. The van der Waals surface area contributed by atoms with Gasteiger partial charge in [-0.3, -0.25) is 4.68 Å². The van der Waals surface area contributed by atoms with E-state index in [1.807, 2.05) is 13.2 Å². The van der Waals surface area contributed by atoms with Gasteiger partial charge in [0.1, 0.15) is 0 Å². The number of nitrogens with zero attached hydrogens (tertiary/aromatic N) is 2. The van der Waals surface area contributed by atoms with Crippen LogP contribution in [-0.2, 0) is 7.05 Å². The topological polar surface area (TPSA) is 27.1 Å². The average Bonchev–Trinajstić information content (AvgIpc) is 2.10. The molecular weight excluding hydrogens is 184 g/mol. The molecule has 0 aliphatic carbocycles. The Kier molecular flexibility index (Phi) is 1.75. The molecule has 1 heterocycles. The maximum absolute atomic E-state index is 4.89. The maximum atomic E-state index is 4.89. The van der Waals surface area contributed by atoms with Crippen molar-refractivity contribution in [1.29, 1.82) is 0 Å². The summed E-state index contributed by atoms with van der Waals surface area (Å²) in [6.07, 6.45) is 1.83. The van der Waals surface area contributed by atoms with Crippen LogP contribution in [-0.4, -0.2) is 16.9 Å². The molecule has 3 nitrogen and oxygen atoms in total. The van der Waals surface area contributed by atoms with Gasteiger partial charge in [0, 0.05) is 13.2 Å². The first-order valence-electron chi connectivity index (χ1n) is 2.47. The zero-order chi connectivity index (χ0) is 6.85. The molecule has 1 aromatic heterocycles. The van der Waals surface area contributed by atoms with Gasteiger partial charge >= 0.3 is 0 Å². The van der Waals surface area contributed by atoms with E-state index in [-0.39, 0.29) is 0 Å². The summed E-state index contributed by atoms with van der Waals surface area (Å²) < 4.78 is 7.45. The molecule has 0 aliphatic rings. The molecule has 0 aliphatic heterocycles. The standard InChI is InChI=1S/C5H7BrN2O/c1-8-3-4(6)5(7-8)9-2/h3H,1-2H3. The Labute approximate surface area is 61.7 Å². The van der Waals surface area contributed by atoms with Crippen molar-refractivity contribution < 1.29 is 4.74 Å². The van der Waals surface area contributed by atoms with Crippen molar-refractivity contribution in [3.05, 3.63) is 10.7 Å². The molecule has 0 N–H and O–H groups in total. The molecule has 0 fully saturated rings. The van der Waals surface area contributed by atoms with Crippen molar-refractivity contribution in [3.8, 4) is 5.88 Å². The second-order valence-electron chi connectivity index (χ2n) is 1.66. The number of methoxy groups -OCH3 is 1. The molecule has 0 saturated heterocycles. The largest absolute Gasteiger partial charge is 0.479 e. The minimum atomic E-state index is 0.623. The van der Waals surface area contributed by atoms with Crippen LogP contribution >= 0.6 is 15.9 Å². The normalized spacial score (nSPS) is 9.67. The zero-order valence-corrected chi connectivity index (χ0v) is 6.84. The first kappa shape index (κ1) is 6.61. The molecule has 50 valence electrons. The van der Waals surface area contributed by atoms with E-state index in [0.717, 1.165) is 4.47 Å². The van der Waals surface area contributed by atoms with Crippen LogP contribution in [0.4, 0.5) is 0 Å². The molecule has 9 heavy (non-hydrogen) atoms. The van der Waals surface area contributed by atoms with E-state index in [1.165, 1.54) is 0 Å². The van der Waals surface area contributed by atoms with E-state index >= 15 is 0 Å². The van der Waals surface area contributed by atoms with Crippen molar-refractivity contribution in [2.45, 2.75) is 0 Å². The Morgan fingerprint density at radius 2 is 2.44 bits per heavy atom. The monoisotopic (exact) mass is 190 g/mol.